The lowest BCUT2D eigenvalue weighted by Gasteiger charge is -2.34. The standard InChI is InChI=1S/C19H24N2O5S/c1-4-14-5-7-15(8-6-14)17-12-20-9-10-21(17)27(23,24)18-11-16(13(2)26-18)19(22)25-3/h5-8,11,17,20H,4,9-10,12H2,1-3H3. The second kappa shape index (κ2) is 7.84. The summed E-state index contributed by atoms with van der Waals surface area (Å²) in [6.45, 7) is 4.99. The van der Waals surface area contributed by atoms with E-state index < -0.39 is 16.0 Å². The van der Waals surface area contributed by atoms with Gasteiger partial charge in [-0.05, 0) is 24.5 Å². The summed E-state index contributed by atoms with van der Waals surface area (Å²) in [5.74, 6) is -0.399. The molecular formula is C19H24N2O5S. The summed E-state index contributed by atoms with van der Waals surface area (Å²) in [7, 11) is -2.65. The molecule has 7 nitrogen and oxygen atoms in total. The number of esters is 1. The van der Waals surface area contributed by atoms with Crippen LogP contribution < -0.4 is 5.32 Å². The minimum atomic E-state index is -3.90. The highest BCUT2D eigenvalue weighted by molar-refractivity contribution is 7.89. The highest BCUT2D eigenvalue weighted by Gasteiger charge is 2.37. The molecule has 1 aromatic heterocycles. The number of ether oxygens (including phenoxy) is 1. The number of carbonyl (C=O) groups excluding carboxylic acids is 1. The van der Waals surface area contributed by atoms with Crippen LogP contribution in [0, 0.1) is 6.92 Å². The molecule has 1 aliphatic heterocycles. The van der Waals surface area contributed by atoms with E-state index in [1.54, 1.807) is 6.92 Å². The Balaban J connectivity index is 1.96. The van der Waals surface area contributed by atoms with E-state index in [1.165, 1.54) is 23.0 Å². The van der Waals surface area contributed by atoms with Gasteiger partial charge in [0.1, 0.15) is 11.3 Å². The largest absolute Gasteiger partial charge is 0.465 e. The minimum absolute atomic E-state index is 0.120. The van der Waals surface area contributed by atoms with Crippen LogP contribution in [0.3, 0.4) is 0 Å². The Bertz CT molecular complexity index is 918. The first-order valence-corrected chi connectivity index (χ1v) is 10.3. The summed E-state index contributed by atoms with van der Waals surface area (Å²) in [6, 6.07) is 8.86. The lowest BCUT2D eigenvalue weighted by Crippen LogP contribution is -2.48. The molecule has 146 valence electrons. The smallest absolute Gasteiger partial charge is 0.341 e. The number of hydrogen-bond donors (Lipinski definition) is 1. The average molecular weight is 392 g/mol. The van der Waals surface area contributed by atoms with E-state index in [0.717, 1.165) is 12.0 Å². The number of furan rings is 1. The van der Waals surface area contributed by atoms with E-state index >= 15 is 0 Å². The molecule has 1 fully saturated rings. The molecule has 1 saturated heterocycles. The molecule has 1 atom stereocenters. The van der Waals surface area contributed by atoms with Gasteiger partial charge in [-0.2, -0.15) is 4.31 Å². The fraction of sp³-hybridized carbons (Fsp3) is 0.421. The number of benzene rings is 1. The summed E-state index contributed by atoms with van der Waals surface area (Å²) in [5, 5.41) is 3.01. The number of aryl methyl sites for hydroxylation is 2. The van der Waals surface area contributed by atoms with Gasteiger partial charge in [-0.25, -0.2) is 13.2 Å². The van der Waals surface area contributed by atoms with E-state index in [4.69, 9.17) is 4.42 Å². The fourth-order valence-corrected chi connectivity index (χ4v) is 4.83. The number of piperazine rings is 1. The van der Waals surface area contributed by atoms with Crippen LogP contribution in [0.15, 0.2) is 39.8 Å². The minimum Gasteiger partial charge on any atom is -0.465 e. The Hall–Kier alpha value is -2.16. The topological polar surface area (TPSA) is 88.9 Å². The van der Waals surface area contributed by atoms with Crippen molar-refractivity contribution in [2.24, 2.45) is 0 Å². The molecule has 8 heteroatoms. The lowest BCUT2D eigenvalue weighted by atomic mass is 10.0. The van der Waals surface area contributed by atoms with Crippen molar-refractivity contribution >= 4 is 16.0 Å². The normalized spacial score (nSPS) is 18.4. The maximum atomic E-state index is 13.2. The predicted octanol–water partition coefficient (Wildman–Crippen LogP) is 2.27. The van der Waals surface area contributed by atoms with Gasteiger partial charge in [0.15, 0.2) is 0 Å². The van der Waals surface area contributed by atoms with Gasteiger partial charge in [-0.15, -0.1) is 0 Å². The third-order valence-electron chi connectivity index (χ3n) is 4.83. The van der Waals surface area contributed by atoms with Crippen LogP contribution in [-0.4, -0.2) is 45.4 Å². The van der Waals surface area contributed by atoms with E-state index in [0.29, 0.717) is 19.6 Å². The van der Waals surface area contributed by atoms with E-state index in [9.17, 15) is 13.2 Å². The van der Waals surface area contributed by atoms with Gasteiger partial charge in [0.2, 0.25) is 5.09 Å². The number of nitrogens with zero attached hydrogens (tertiary/aromatic N) is 1. The SMILES string of the molecule is CCc1ccc(C2CNCCN2S(=O)(=O)c2cc(C(=O)OC)c(C)o2)cc1. The molecule has 1 unspecified atom stereocenters. The van der Waals surface area contributed by atoms with E-state index in [1.807, 2.05) is 24.3 Å². The molecule has 2 aromatic rings. The third-order valence-corrected chi connectivity index (χ3v) is 6.59. The van der Waals surface area contributed by atoms with E-state index in [2.05, 4.69) is 17.0 Å². The van der Waals surface area contributed by atoms with Gasteiger partial charge in [-0.3, -0.25) is 0 Å². The number of sulfonamides is 1. The van der Waals surface area contributed by atoms with Gasteiger partial charge < -0.3 is 14.5 Å². The summed E-state index contributed by atoms with van der Waals surface area (Å²) >= 11 is 0. The summed E-state index contributed by atoms with van der Waals surface area (Å²) in [4.78, 5) is 11.8. The summed E-state index contributed by atoms with van der Waals surface area (Å²) < 4.78 is 38.0. The van der Waals surface area contributed by atoms with Crippen molar-refractivity contribution < 1.29 is 22.4 Å². The van der Waals surface area contributed by atoms with Gasteiger partial charge >= 0.3 is 5.97 Å². The maximum absolute atomic E-state index is 13.2. The summed E-state index contributed by atoms with van der Waals surface area (Å²) in [5.41, 5.74) is 2.23. The van der Waals surface area contributed by atoms with Crippen molar-refractivity contribution in [1.29, 1.82) is 0 Å². The highest BCUT2D eigenvalue weighted by atomic mass is 32.2. The first kappa shape index (κ1) is 19.6. The van der Waals surface area contributed by atoms with Gasteiger partial charge in [-0.1, -0.05) is 31.2 Å². The Morgan fingerprint density at radius 1 is 1.33 bits per heavy atom. The van der Waals surface area contributed by atoms with Crippen molar-refractivity contribution in [3.05, 3.63) is 52.8 Å². The van der Waals surface area contributed by atoms with Crippen LogP contribution in [-0.2, 0) is 21.2 Å². The number of nitrogens with one attached hydrogen (secondary N) is 1. The number of methoxy groups -OCH3 is 1. The second-order valence-electron chi connectivity index (χ2n) is 6.46. The average Bonchev–Trinajstić information content (AvgIpc) is 3.10. The van der Waals surface area contributed by atoms with Crippen LogP contribution in [0.5, 0.6) is 0 Å². The molecule has 2 heterocycles. The van der Waals surface area contributed by atoms with E-state index in [-0.39, 0.29) is 22.5 Å². The lowest BCUT2D eigenvalue weighted by molar-refractivity contribution is 0.0598. The fourth-order valence-electron chi connectivity index (χ4n) is 3.24. The Labute approximate surface area is 159 Å². The number of hydrogen-bond acceptors (Lipinski definition) is 6. The number of rotatable bonds is 5. The Kier molecular flexibility index (Phi) is 5.69. The second-order valence-corrected chi connectivity index (χ2v) is 8.28. The maximum Gasteiger partial charge on any atom is 0.341 e. The predicted molar refractivity (Wildman–Crippen MR) is 100 cm³/mol. The first-order valence-electron chi connectivity index (χ1n) is 8.88. The molecule has 1 aliphatic rings. The number of carbonyl (C=O) groups is 1. The summed E-state index contributed by atoms with van der Waals surface area (Å²) in [6.07, 6.45) is 0.924. The van der Waals surface area contributed by atoms with Gasteiger partial charge in [0, 0.05) is 25.7 Å². The monoisotopic (exact) mass is 392 g/mol. The van der Waals surface area contributed by atoms with Crippen molar-refractivity contribution in [3.63, 3.8) is 0 Å². The Morgan fingerprint density at radius 3 is 2.67 bits per heavy atom. The van der Waals surface area contributed by atoms with Crippen molar-refractivity contribution in [2.45, 2.75) is 31.4 Å². The molecule has 0 aliphatic carbocycles. The van der Waals surface area contributed by atoms with Crippen LogP contribution in [0.1, 0.15) is 40.2 Å². The van der Waals surface area contributed by atoms with Crippen LogP contribution in [0.4, 0.5) is 0 Å². The molecule has 1 aromatic carbocycles. The molecule has 0 bridgehead atoms. The molecular weight excluding hydrogens is 368 g/mol. The Morgan fingerprint density at radius 2 is 2.04 bits per heavy atom. The zero-order chi connectivity index (χ0) is 19.6. The molecule has 0 radical (unpaired) electrons. The zero-order valence-corrected chi connectivity index (χ0v) is 16.5. The van der Waals surface area contributed by atoms with Gasteiger partial charge in [0.05, 0.1) is 13.2 Å². The third kappa shape index (κ3) is 3.78. The van der Waals surface area contributed by atoms with Crippen LogP contribution in [0.2, 0.25) is 0 Å². The molecule has 27 heavy (non-hydrogen) atoms. The van der Waals surface area contributed by atoms with Crippen LogP contribution >= 0.6 is 0 Å². The van der Waals surface area contributed by atoms with Crippen molar-refractivity contribution in [2.75, 3.05) is 26.7 Å². The quantitative estimate of drug-likeness (QED) is 0.786. The zero-order valence-electron chi connectivity index (χ0n) is 15.7. The molecule has 1 N–H and O–H groups in total. The van der Waals surface area contributed by atoms with Gasteiger partial charge in [0.25, 0.3) is 10.0 Å². The van der Waals surface area contributed by atoms with Crippen LogP contribution in [0.25, 0.3) is 0 Å². The van der Waals surface area contributed by atoms with Crippen molar-refractivity contribution in [1.82, 2.24) is 9.62 Å². The molecule has 0 spiro atoms. The first-order chi connectivity index (χ1) is 12.9. The molecule has 0 amide bonds. The highest BCUT2D eigenvalue weighted by Crippen LogP contribution is 2.31. The molecule has 0 saturated carbocycles. The van der Waals surface area contributed by atoms with Crippen molar-refractivity contribution in [3.8, 4) is 0 Å². The molecule has 3 rings (SSSR count).